The molecule has 1 aliphatic rings. The van der Waals surface area contributed by atoms with Crippen LogP contribution in [0, 0.1) is 13.8 Å². The Bertz CT molecular complexity index is 1050. The fourth-order valence-corrected chi connectivity index (χ4v) is 3.73. The fraction of sp³-hybridized carbons (Fsp3) is 0.400. The molecule has 1 aromatic carbocycles. The minimum Gasteiger partial charge on any atom is -0.497 e. The SMILES string of the molecule is COc1ccc2c(C)nc(N3CCCC(c4cc(=O)[nH]c(C)n4)C3)nc2c1. The van der Waals surface area contributed by atoms with Gasteiger partial charge in [0.15, 0.2) is 0 Å². The average molecular weight is 365 g/mol. The molecule has 140 valence electrons. The van der Waals surface area contributed by atoms with Gasteiger partial charge in [-0.25, -0.2) is 15.0 Å². The van der Waals surface area contributed by atoms with Crippen LogP contribution in [0.3, 0.4) is 0 Å². The first-order valence-electron chi connectivity index (χ1n) is 9.18. The van der Waals surface area contributed by atoms with E-state index in [2.05, 4.69) is 14.9 Å². The van der Waals surface area contributed by atoms with Crippen LogP contribution in [-0.4, -0.2) is 40.1 Å². The standard InChI is InChI=1S/C20H23N5O2/c1-12-16-7-6-15(27-3)9-18(16)24-20(21-12)25-8-4-5-14(11-25)17-10-19(26)23-13(2)22-17/h6-7,9-10,14H,4-5,8,11H2,1-3H3,(H,22,23,26). The summed E-state index contributed by atoms with van der Waals surface area (Å²) in [5.74, 6) is 2.36. The van der Waals surface area contributed by atoms with Gasteiger partial charge < -0.3 is 14.6 Å². The zero-order valence-electron chi connectivity index (χ0n) is 15.8. The molecular weight excluding hydrogens is 342 g/mol. The molecule has 3 heterocycles. The lowest BCUT2D eigenvalue weighted by Crippen LogP contribution is -2.36. The smallest absolute Gasteiger partial charge is 0.251 e. The van der Waals surface area contributed by atoms with Crippen LogP contribution in [-0.2, 0) is 0 Å². The third kappa shape index (κ3) is 3.49. The molecule has 1 saturated heterocycles. The molecule has 27 heavy (non-hydrogen) atoms. The van der Waals surface area contributed by atoms with Gasteiger partial charge in [-0.05, 0) is 38.8 Å². The molecule has 0 saturated carbocycles. The van der Waals surface area contributed by atoms with Gasteiger partial charge in [0, 0.05) is 36.5 Å². The highest BCUT2D eigenvalue weighted by Gasteiger charge is 2.25. The second-order valence-corrected chi connectivity index (χ2v) is 7.03. The Morgan fingerprint density at radius 3 is 2.81 bits per heavy atom. The molecule has 7 heteroatoms. The number of ether oxygens (including phenoxy) is 1. The lowest BCUT2D eigenvalue weighted by molar-refractivity contribution is 0.415. The summed E-state index contributed by atoms with van der Waals surface area (Å²) < 4.78 is 5.33. The number of aryl methyl sites for hydroxylation is 2. The van der Waals surface area contributed by atoms with Gasteiger partial charge in [0.05, 0.1) is 24.0 Å². The van der Waals surface area contributed by atoms with Gasteiger partial charge in [-0.3, -0.25) is 4.79 Å². The molecule has 0 amide bonds. The molecule has 0 bridgehead atoms. The second kappa shape index (κ2) is 6.98. The number of piperidine rings is 1. The van der Waals surface area contributed by atoms with E-state index in [1.165, 1.54) is 0 Å². The highest BCUT2D eigenvalue weighted by atomic mass is 16.5. The van der Waals surface area contributed by atoms with Crippen molar-refractivity contribution in [2.24, 2.45) is 0 Å². The molecular formula is C20H23N5O2. The van der Waals surface area contributed by atoms with Gasteiger partial charge in [-0.1, -0.05) is 0 Å². The fourth-order valence-electron chi connectivity index (χ4n) is 3.73. The maximum Gasteiger partial charge on any atom is 0.251 e. The molecule has 1 aliphatic heterocycles. The predicted octanol–water partition coefficient (Wildman–Crippen LogP) is 2.72. The van der Waals surface area contributed by atoms with Crippen molar-refractivity contribution in [1.29, 1.82) is 0 Å². The van der Waals surface area contributed by atoms with E-state index in [9.17, 15) is 4.79 Å². The highest BCUT2D eigenvalue weighted by Crippen LogP contribution is 2.29. The van der Waals surface area contributed by atoms with Crippen molar-refractivity contribution in [3.63, 3.8) is 0 Å². The first kappa shape index (κ1) is 17.5. The van der Waals surface area contributed by atoms with Crippen LogP contribution in [0.1, 0.15) is 36.0 Å². The second-order valence-electron chi connectivity index (χ2n) is 7.03. The topological polar surface area (TPSA) is 84.0 Å². The maximum absolute atomic E-state index is 11.8. The number of aromatic nitrogens is 4. The van der Waals surface area contributed by atoms with E-state index in [0.29, 0.717) is 5.82 Å². The summed E-state index contributed by atoms with van der Waals surface area (Å²) in [7, 11) is 1.65. The zero-order valence-corrected chi connectivity index (χ0v) is 15.8. The predicted molar refractivity (Wildman–Crippen MR) is 105 cm³/mol. The van der Waals surface area contributed by atoms with Crippen LogP contribution >= 0.6 is 0 Å². The largest absolute Gasteiger partial charge is 0.497 e. The average Bonchev–Trinajstić information content (AvgIpc) is 2.66. The van der Waals surface area contributed by atoms with Gasteiger partial charge in [0.2, 0.25) is 5.95 Å². The van der Waals surface area contributed by atoms with Crippen LogP contribution in [0.15, 0.2) is 29.1 Å². The molecule has 1 fully saturated rings. The van der Waals surface area contributed by atoms with Gasteiger partial charge in [0.25, 0.3) is 5.56 Å². The van der Waals surface area contributed by atoms with E-state index in [4.69, 9.17) is 14.7 Å². The van der Waals surface area contributed by atoms with E-state index in [-0.39, 0.29) is 11.5 Å². The van der Waals surface area contributed by atoms with Crippen LogP contribution in [0.2, 0.25) is 0 Å². The number of rotatable bonds is 3. The van der Waals surface area contributed by atoms with Crippen LogP contribution in [0.4, 0.5) is 5.95 Å². The number of methoxy groups -OCH3 is 1. The van der Waals surface area contributed by atoms with Gasteiger partial charge in [0.1, 0.15) is 11.6 Å². The number of fused-ring (bicyclic) bond motifs is 1. The van der Waals surface area contributed by atoms with Gasteiger partial charge in [-0.2, -0.15) is 0 Å². The minimum atomic E-state index is -0.0977. The molecule has 2 aromatic heterocycles. The van der Waals surface area contributed by atoms with Crippen molar-refractivity contribution < 1.29 is 4.74 Å². The van der Waals surface area contributed by atoms with E-state index in [1.807, 2.05) is 32.0 Å². The van der Waals surface area contributed by atoms with E-state index in [0.717, 1.165) is 59.9 Å². The number of nitrogens with zero attached hydrogens (tertiary/aromatic N) is 4. The van der Waals surface area contributed by atoms with E-state index >= 15 is 0 Å². The summed E-state index contributed by atoms with van der Waals surface area (Å²) >= 11 is 0. The minimum absolute atomic E-state index is 0.0977. The van der Waals surface area contributed by atoms with Crippen molar-refractivity contribution in [3.05, 3.63) is 51.8 Å². The Kier molecular flexibility index (Phi) is 4.51. The first-order valence-corrected chi connectivity index (χ1v) is 9.18. The van der Waals surface area contributed by atoms with E-state index in [1.54, 1.807) is 13.2 Å². The Hall–Kier alpha value is -2.96. The molecule has 1 N–H and O–H groups in total. The number of anilines is 1. The number of benzene rings is 1. The van der Waals surface area contributed by atoms with E-state index < -0.39 is 0 Å². The summed E-state index contributed by atoms with van der Waals surface area (Å²) in [4.78, 5) is 30.8. The van der Waals surface area contributed by atoms with Gasteiger partial charge in [-0.15, -0.1) is 0 Å². The number of nitrogens with one attached hydrogen (secondary N) is 1. The van der Waals surface area contributed by atoms with Crippen LogP contribution in [0.25, 0.3) is 10.9 Å². The van der Waals surface area contributed by atoms with Gasteiger partial charge >= 0.3 is 0 Å². The molecule has 7 nitrogen and oxygen atoms in total. The number of hydrogen-bond acceptors (Lipinski definition) is 6. The number of aromatic amines is 1. The molecule has 1 unspecified atom stereocenters. The number of hydrogen-bond donors (Lipinski definition) is 1. The third-order valence-electron chi connectivity index (χ3n) is 5.09. The molecule has 0 aliphatic carbocycles. The summed E-state index contributed by atoms with van der Waals surface area (Å²) in [6, 6.07) is 7.47. The Morgan fingerprint density at radius 1 is 1.19 bits per heavy atom. The molecule has 0 radical (unpaired) electrons. The van der Waals surface area contributed by atoms with Crippen molar-refractivity contribution in [2.75, 3.05) is 25.1 Å². The molecule has 1 atom stereocenters. The van der Waals surface area contributed by atoms with Crippen molar-refractivity contribution in [2.45, 2.75) is 32.6 Å². The molecule has 3 aromatic rings. The molecule has 0 spiro atoms. The van der Waals surface area contributed by atoms with Crippen molar-refractivity contribution in [3.8, 4) is 5.75 Å². The third-order valence-corrected chi connectivity index (χ3v) is 5.09. The quantitative estimate of drug-likeness (QED) is 0.768. The lowest BCUT2D eigenvalue weighted by Gasteiger charge is -2.32. The normalized spacial score (nSPS) is 17.3. The summed E-state index contributed by atoms with van der Waals surface area (Å²) in [6.45, 7) is 5.47. The first-order chi connectivity index (χ1) is 13.0. The molecule has 4 rings (SSSR count). The maximum atomic E-state index is 11.8. The lowest BCUT2D eigenvalue weighted by atomic mass is 9.94. The van der Waals surface area contributed by atoms with Crippen LogP contribution in [0.5, 0.6) is 5.75 Å². The number of H-pyrrole nitrogens is 1. The Labute approximate surface area is 157 Å². The van der Waals surface area contributed by atoms with Crippen molar-refractivity contribution >= 4 is 16.9 Å². The Morgan fingerprint density at radius 2 is 2.04 bits per heavy atom. The Balaban J connectivity index is 1.67. The summed E-state index contributed by atoms with van der Waals surface area (Å²) in [5.41, 5.74) is 2.58. The highest BCUT2D eigenvalue weighted by molar-refractivity contribution is 5.83. The zero-order chi connectivity index (χ0) is 19.0. The monoisotopic (exact) mass is 365 g/mol. The van der Waals surface area contributed by atoms with Crippen molar-refractivity contribution in [1.82, 2.24) is 19.9 Å². The van der Waals surface area contributed by atoms with Crippen LogP contribution < -0.4 is 15.2 Å². The summed E-state index contributed by atoms with van der Waals surface area (Å²) in [5, 5.41) is 1.03. The summed E-state index contributed by atoms with van der Waals surface area (Å²) in [6.07, 6.45) is 2.02.